The molecule has 5 heteroatoms. The molecular weight excluding hydrogens is 206 g/mol. The lowest BCUT2D eigenvalue weighted by Crippen LogP contribution is -2.23. The van der Waals surface area contributed by atoms with E-state index in [1.807, 2.05) is 13.8 Å². The van der Waals surface area contributed by atoms with E-state index in [1.54, 1.807) is 14.1 Å². The molecule has 0 aliphatic carbocycles. The van der Waals surface area contributed by atoms with E-state index in [2.05, 4.69) is 16.0 Å². The number of aromatic nitrogens is 2. The van der Waals surface area contributed by atoms with Crippen molar-refractivity contribution in [2.24, 2.45) is 0 Å². The number of carbonyl (C=O) groups is 1. The van der Waals surface area contributed by atoms with E-state index in [9.17, 15) is 4.79 Å². The van der Waals surface area contributed by atoms with Gasteiger partial charge in [-0.2, -0.15) is 9.97 Å². The first-order valence-corrected chi connectivity index (χ1v) is 5.06. The van der Waals surface area contributed by atoms with E-state index < -0.39 is 0 Å². The standard InChI is InChI=1S/C11H16N3O2/c1-8-7-9(2)13-11(12-8)16-6-5-10(15)14(3)4/h5-6H2,1-4H3. The van der Waals surface area contributed by atoms with E-state index in [1.165, 1.54) is 4.90 Å². The number of rotatable bonds is 4. The SMILES string of the molecule is Cc1[c]c(C)nc(OCCC(=O)N(C)C)n1. The average molecular weight is 222 g/mol. The van der Waals surface area contributed by atoms with Crippen LogP contribution in [-0.4, -0.2) is 41.5 Å². The number of nitrogens with zero attached hydrogens (tertiary/aromatic N) is 3. The molecular formula is C11H16N3O2. The van der Waals surface area contributed by atoms with Crippen molar-refractivity contribution in [3.05, 3.63) is 17.5 Å². The summed E-state index contributed by atoms with van der Waals surface area (Å²) < 4.78 is 5.30. The fourth-order valence-electron chi connectivity index (χ4n) is 1.15. The van der Waals surface area contributed by atoms with Gasteiger partial charge in [0.15, 0.2) is 0 Å². The summed E-state index contributed by atoms with van der Waals surface area (Å²) in [5.41, 5.74) is 1.47. The molecule has 0 atom stereocenters. The normalized spacial score (nSPS) is 10.0. The van der Waals surface area contributed by atoms with Gasteiger partial charge in [-0.1, -0.05) is 0 Å². The third-order valence-corrected chi connectivity index (χ3v) is 1.93. The molecule has 1 aromatic rings. The van der Waals surface area contributed by atoms with Crippen molar-refractivity contribution in [2.45, 2.75) is 20.3 Å². The van der Waals surface area contributed by atoms with Crippen LogP contribution in [0.25, 0.3) is 0 Å². The highest BCUT2D eigenvalue weighted by Gasteiger charge is 2.05. The Hall–Kier alpha value is -1.65. The van der Waals surface area contributed by atoms with Crippen LogP contribution < -0.4 is 4.74 Å². The van der Waals surface area contributed by atoms with Crippen molar-refractivity contribution in [3.8, 4) is 6.01 Å². The van der Waals surface area contributed by atoms with Gasteiger partial charge in [-0.3, -0.25) is 4.79 Å². The highest BCUT2D eigenvalue weighted by atomic mass is 16.5. The monoisotopic (exact) mass is 222 g/mol. The molecule has 0 saturated heterocycles. The summed E-state index contributed by atoms with van der Waals surface area (Å²) >= 11 is 0. The summed E-state index contributed by atoms with van der Waals surface area (Å²) in [7, 11) is 3.43. The molecule has 0 aliphatic heterocycles. The van der Waals surface area contributed by atoms with Crippen LogP contribution in [0.3, 0.4) is 0 Å². The Morgan fingerprint density at radius 2 is 1.88 bits per heavy atom. The number of aryl methyl sites for hydroxylation is 2. The smallest absolute Gasteiger partial charge is 0.316 e. The molecule has 16 heavy (non-hydrogen) atoms. The zero-order valence-corrected chi connectivity index (χ0v) is 10.1. The molecule has 0 bridgehead atoms. The van der Waals surface area contributed by atoms with Gasteiger partial charge in [0, 0.05) is 20.2 Å². The molecule has 1 amide bonds. The van der Waals surface area contributed by atoms with Gasteiger partial charge in [0.25, 0.3) is 0 Å². The Morgan fingerprint density at radius 1 is 1.31 bits per heavy atom. The summed E-state index contributed by atoms with van der Waals surface area (Å²) in [5.74, 6) is 0.0240. The molecule has 0 N–H and O–H groups in total. The first-order chi connectivity index (χ1) is 7.49. The van der Waals surface area contributed by atoms with Crippen molar-refractivity contribution in [1.29, 1.82) is 0 Å². The quantitative estimate of drug-likeness (QED) is 0.754. The topological polar surface area (TPSA) is 55.3 Å². The first-order valence-electron chi connectivity index (χ1n) is 5.06. The van der Waals surface area contributed by atoms with Gasteiger partial charge < -0.3 is 9.64 Å². The van der Waals surface area contributed by atoms with Crippen LogP contribution in [-0.2, 0) is 4.79 Å². The van der Waals surface area contributed by atoms with Crippen molar-refractivity contribution in [1.82, 2.24) is 14.9 Å². The lowest BCUT2D eigenvalue weighted by Gasteiger charge is -2.10. The van der Waals surface area contributed by atoms with Crippen LogP contribution in [0.5, 0.6) is 6.01 Å². The van der Waals surface area contributed by atoms with E-state index in [-0.39, 0.29) is 5.91 Å². The number of ether oxygens (including phenoxy) is 1. The van der Waals surface area contributed by atoms with Gasteiger partial charge in [-0.05, 0) is 13.8 Å². The van der Waals surface area contributed by atoms with E-state index >= 15 is 0 Å². The van der Waals surface area contributed by atoms with Gasteiger partial charge in [0.2, 0.25) is 5.91 Å². The van der Waals surface area contributed by atoms with Gasteiger partial charge in [0.05, 0.1) is 17.8 Å². The predicted molar refractivity (Wildman–Crippen MR) is 59.1 cm³/mol. The Labute approximate surface area is 95.5 Å². The van der Waals surface area contributed by atoms with Crippen LogP contribution in [0.1, 0.15) is 17.8 Å². The van der Waals surface area contributed by atoms with E-state index in [0.29, 0.717) is 19.0 Å². The van der Waals surface area contributed by atoms with E-state index in [4.69, 9.17) is 4.74 Å². The van der Waals surface area contributed by atoms with Crippen LogP contribution >= 0.6 is 0 Å². The van der Waals surface area contributed by atoms with Crippen LogP contribution in [0, 0.1) is 19.9 Å². The molecule has 87 valence electrons. The maximum absolute atomic E-state index is 11.3. The number of amides is 1. The van der Waals surface area contributed by atoms with Crippen molar-refractivity contribution >= 4 is 5.91 Å². The Morgan fingerprint density at radius 3 is 2.38 bits per heavy atom. The second-order valence-electron chi connectivity index (χ2n) is 3.69. The molecule has 0 spiro atoms. The Balaban J connectivity index is 2.46. The highest BCUT2D eigenvalue weighted by molar-refractivity contribution is 5.75. The van der Waals surface area contributed by atoms with Crippen molar-refractivity contribution < 1.29 is 9.53 Å². The summed E-state index contributed by atoms with van der Waals surface area (Å²) in [6.45, 7) is 3.94. The molecule has 1 rings (SSSR count). The van der Waals surface area contributed by atoms with Crippen LogP contribution in [0.2, 0.25) is 0 Å². The van der Waals surface area contributed by atoms with Gasteiger partial charge in [-0.25, -0.2) is 0 Å². The predicted octanol–water partition coefficient (Wildman–Crippen LogP) is 0.751. The van der Waals surface area contributed by atoms with Crippen LogP contribution in [0.15, 0.2) is 0 Å². The number of hydrogen-bond donors (Lipinski definition) is 0. The molecule has 1 aromatic heterocycles. The molecule has 0 fully saturated rings. The first kappa shape index (κ1) is 12.4. The minimum atomic E-state index is 0.0240. The minimum absolute atomic E-state index is 0.0240. The zero-order valence-electron chi connectivity index (χ0n) is 10.1. The maximum atomic E-state index is 11.3. The molecule has 0 aliphatic rings. The summed E-state index contributed by atoms with van der Waals surface area (Å²) in [6.07, 6.45) is 0.326. The zero-order chi connectivity index (χ0) is 12.1. The third kappa shape index (κ3) is 3.84. The number of hydrogen-bond acceptors (Lipinski definition) is 4. The lowest BCUT2D eigenvalue weighted by molar-refractivity contribution is -0.129. The summed E-state index contributed by atoms with van der Waals surface area (Å²) in [4.78, 5) is 20.9. The molecule has 1 radical (unpaired) electrons. The molecule has 0 unspecified atom stereocenters. The second kappa shape index (κ2) is 5.44. The Kier molecular flexibility index (Phi) is 4.22. The third-order valence-electron chi connectivity index (χ3n) is 1.93. The largest absolute Gasteiger partial charge is 0.463 e. The molecule has 0 aromatic carbocycles. The molecule has 0 saturated carbocycles. The molecule has 5 nitrogen and oxygen atoms in total. The van der Waals surface area contributed by atoms with Crippen LogP contribution in [0.4, 0.5) is 0 Å². The van der Waals surface area contributed by atoms with E-state index in [0.717, 1.165) is 11.4 Å². The average Bonchev–Trinajstić information content (AvgIpc) is 2.15. The second-order valence-corrected chi connectivity index (χ2v) is 3.69. The van der Waals surface area contributed by atoms with Gasteiger partial charge in [-0.15, -0.1) is 0 Å². The lowest BCUT2D eigenvalue weighted by atomic mass is 10.4. The highest BCUT2D eigenvalue weighted by Crippen LogP contribution is 2.05. The van der Waals surface area contributed by atoms with Crippen molar-refractivity contribution in [2.75, 3.05) is 20.7 Å². The fourth-order valence-corrected chi connectivity index (χ4v) is 1.15. The Bertz CT molecular complexity index is 357. The molecule has 1 heterocycles. The summed E-state index contributed by atoms with van der Waals surface area (Å²) in [6, 6.07) is 3.26. The van der Waals surface area contributed by atoms with Gasteiger partial charge in [0.1, 0.15) is 6.61 Å². The number of carbonyl (C=O) groups excluding carboxylic acids is 1. The van der Waals surface area contributed by atoms with Gasteiger partial charge >= 0.3 is 6.01 Å². The fraction of sp³-hybridized carbons (Fsp3) is 0.545. The summed E-state index contributed by atoms with van der Waals surface area (Å²) in [5, 5.41) is 0. The maximum Gasteiger partial charge on any atom is 0.316 e. The van der Waals surface area contributed by atoms with Crippen molar-refractivity contribution in [3.63, 3.8) is 0 Å². The minimum Gasteiger partial charge on any atom is -0.463 e.